The van der Waals surface area contributed by atoms with Gasteiger partial charge in [-0.1, -0.05) is 84.9 Å². The molecule has 344 valence electrons. The van der Waals surface area contributed by atoms with Gasteiger partial charge in [-0.25, -0.2) is 9.97 Å². The lowest BCUT2D eigenvalue weighted by molar-refractivity contribution is -0.131. The second-order valence-electron chi connectivity index (χ2n) is 19.0. The van der Waals surface area contributed by atoms with Crippen LogP contribution in [0.4, 0.5) is 11.6 Å². The Morgan fingerprint density at radius 3 is 1.35 bits per heavy atom. The maximum absolute atomic E-state index is 16.0. The van der Waals surface area contributed by atoms with Gasteiger partial charge in [0.15, 0.2) is 5.78 Å². The van der Waals surface area contributed by atoms with Gasteiger partial charge in [0, 0.05) is 112 Å². The van der Waals surface area contributed by atoms with E-state index >= 15 is 4.79 Å². The number of piperazine rings is 2. The fourth-order valence-corrected chi connectivity index (χ4v) is 13.1. The van der Waals surface area contributed by atoms with Gasteiger partial charge in [-0.3, -0.25) is 24.4 Å². The molecule has 4 aliphatic rings. The number of nitrogens with zero attached hydrogens (tertiary/aromatic N) is 8. The normalized spacial score (nSPS) is 19.2. The number of carbonyl (C=O) groups is 1. The van der Waals surface area contributed by atoms with E-state index in [1.807, 2.05) is 22.7 Å². The fourth-order valence-electron chi connectivity index (χ4n) is 11.2. The molecule has 9 nitrogen and oxygen atoms in total. The number of carbonyl (C=O) groups excluding carboxylic acids is 1. The van der Waals surface area contributed by atoms with Crippen LogP contribution in [0.2, 0.25) is 0 Å². The number of ketones is 1. The Hall–Kier alpha value is -5.79. The Labute approximate surface area is 407 Å². The first-order chi connectivity index (χ1) is 33.6. The molecule has 0 saturated carbocycles. The lowest BCUT2D eigenvalue weighted by Gasteiger charge is -2.44. The first-order valence-electron chi connectivity index (χ1n) is 24.6. The number of Topliss-reactive ketones (excluding diaryl/α,β-unsaturated/α-hetero) is 1. The van der Waals surface area contributed by atoms with Crippen LogP contribution in [0, 0.1) is 0 Å². The van der Waals surface area contributed by atoms with Crippen LogP contribution in [0.3, 0.4) is 0 Å². The number of aromatic nitrogens is 2. The topological polar surface area (TPSA) is 62.3 Å². The van der Waals surface area contributed by atoms with E-state index in [-0.39, 0.29) is 12.1 Å². The van der Waals surface area contributed by atoms with Gasteiger partial charge in [0.2, 0.25) is 0 Å². The minimum Gasteiger partial charge on any atom is -0.354 e. The van der Waals surface area contributed by atoms with Crippen LogP contribution in [0.25, 0.3) is 53.1 Å². The first-order valence-corrected chi connectivity index (χ1v) is 26.3. The van der Waals surface area contributed by atoms with Gasteiger partial charge in [-0.05, 0) is 105 Å². The summed E-state index contributed by atoms with van der Waals surface area (Å²) < 4.78 is 2.73. The van der Waals surface area contributed by atoms with Crippen LogP contribution in [0.5, 0.6) is 0 Å². The van der Waals surface area contributed by atoms with Crippen molar-refractivity contribution < 1.29 is 4.79 Å². The number of benzene rings is 4. The highest BCUT2D eigenvalue weighted by Gasteiger charge is 2.39. The minimum atomic E-state index is -0.228. The highest BCUT2D eigenvalue weighted by atomic mass is 32.1. The molecule has 0 aliphatic carbocycles. The highest BCUT2D eigenvalue weighted by Crippen LogP contribution is 2.35. The van der Waals surface area contributed by atoms with Gasteiger partial charge in [-0.15, -0.1) is 22.7 Å². The van der Waals surface area contributed by atoms with E-state index in [2.05, 4.69) is 174 Å². The smallest absolute Gasteiger partial charge is 0.169 e. The van der Waals surface area contributed by atoms with E-state index in [1.165, 1.54) is 53.2 Å². The Morgan fingerprint density at radius 1 is 0.471 bits per heavy atom. The number of pyridine rings is 2. The predicted molar refractivity (Wildman–Crippen MR) is 285 cm³/mol. The summed E-state index contributed by atoms with van der Waals surface area (Å²) in [5, 5.41) is 9.36. The standard InChI is InChI=1S/C57H58N8OS2/c66-55(51(62-25-19-41(20-26-62)47-11-5-9-45-23-37-67-56(45)47)39-60-29-33-64(34-30-60)53-17-15-43-7-1-3-13-49(43)58-53)52(63-27-21-42(22-28-63)48-12-6-10-46-24-38-68-57(46)48)40-61-31-35-65(36-32-61)54-18-16-44-8-2-4-14-50(44)59-54/h1-19,21,23-24,37-38,51-52H,20,22,25-36,39-40H2. The Morgan fingerprint density at radius 2 is 0.912 bits per heavy atom. The van der Waals surface area contributed by atoms with Gasteiger partial charge in [0.05, 0.1) is 23.1 Å². The van der Waals surface area contributed by atoms with Crippen molar-refractivity contribution in [2.24, 2.45) is 0 Å². The molecule has 4 aromatic carbocycles. The van der Waals surface area contributed by atoms with Crippen LogP contribution < -0.4 is 9.80 Å². The van der Waals surface area contributed by atoms with Crippen molar-refractivity contribution in [3.8, 4) is 0 Å². The molecule has 2 fully saturated rings. The lowest BCUT2D eigenvalue weighted by atomic mass is 9.93. The molecule has 0 radical (unpaired) electrons. The minimum absolute atomic E-state index is 0.228. The molecule has 4 aliphatic heterocycles. The Bertz CT molecular complexity index is 2950. The van der Waals surface area contributed by atoms with Crippen molar-refractivity contribution in [3.63, 3.8) is 0 Å². The number of rotatable bonds is 12. The number of hydrogen-bond acceptors (Lipinski definition) is 11. The summed E-state index contributed by atoms with van der Waals surface area (Å²) in [5.74, 6) is 2.45. The SMILES string of the molecule is O=C(C(CN1CCN(c2ccc3ccccc3n2)CC1)N1CC=C(c2cccc3ccsc23)CC1)C(CN1CCN(c2ccc3ccccc3n2)CC1)N1CC=C(c2cccc3ccsc23)CC1. The third-order valence-electron chi connectivity index (χ3n) is 15.1. The molecular formula is C57H58N8OS2. The quantitative estimate of drug-likeness (QED) is 0.119. The van der Waals surface area contributed by atoms with Crippen LogP contribution in [-0.4, -0.2) is 139 Å². The van der Waals surface area contributed by atoms with E-state index in [0.717, 1.165) is 127 Å². The Kier molecular flexibility index (Phi) is 12.3. The van der Waals surface area contributed by atoms with Crippen molar-refractivity contribution in [3.05, 3.63) is 155 Å². The summed E-state index contributed by atoms with van der Waals surface area (Å²) in [6.07, 6.45) is 6.72. The molecule has 0 N–H and O–H groups in total. The number of thiophene rings is 2. The van der Waals surface area contributed by atoms with E-state index in [9.17, 15) is 0 Å². The summed E-state index contributed by atoms with van der Waals surface area (Å²) in [7, 11) is 0. The highest BCUT2D eigenvalue weighted by molar-refractivity contribution is 7.17. The molecule has 0 bridgehead atoms. The maximum Gasteiger partial charge on any atom is 0.169 e. The molecule has 11 heteroatoms. The van der Waals surface area contributed by atoms with E-state index in [4.69, 9.17) is 9.97 Å². The number of fused-ring (bicyclic) bond motifs is 4. The predicted octanol–water partition coefficient (Wildman–Crippen LogP) is 10.0. The largest absolute Gasteiger partial charge is 0.354 e. The zero-order valence-corrected chi connectivity index (χ0v) is 40.3. The molecule has 12 rings (SSSR count). The number of anilines is 2. The van der Waals surface area contributed by atoms with Gasteiger partial charge < -0.3 is 9.80 Å². The molecule has 0 amide bonds. The maximum atomic E-state index is 16.0. The molecule has 8 heterocycles. The second-order valence-corrected chi connectivity index (χ2v) is 20.8. The summed E-state index contributed by atoms with van der Waals surface area (Å²) in [6, 6.07) is 42.9. The van der Waals surface area contributed by atoms with Gasteiger partial charge in [0.25, 0.3) is 0 Å². The molecule has 8 aromatic rings. The van der Waals surface area contributed by atoms with Crippen LogP contribution in [0.1, 0.15) is 24.0 Å². The van der Waals surface area contributed by atoms with Crippen molar-refractivity contribution >= 4 is 93.2 Å². The molecule has 2 unspecified atom stereocenters. The van der Waals surface area contributed by atoms with Gasteiger partial charge in [-0.2, -0.15) is 0 Å². The van der Waals surface area contributed by atoms with Crippen molar-refractivity contribution in [2.75, 3.05) is 101 Å². The van der Waals surface area contributed by atoms with Crippen LogP contribution in [0.15, 0.2) is 144 Å². The van der Waals surface area contributed by atoms with Gasteiger partial charge in [0.1, 0.15) is 11.6 Å². The zero-order chi connectivity index (χ0) is 45.4. The van der Waals surface area contributed by atoms with Gasteiger partial charge >= 0.3 is 0 Å². The number of hydrogen-bond donors (Lipinski definition) is 0. The molecule has 0 spiro atoms. The van der Waals surface area contributed by atoms with Crippen molar-refractivity contribution in [1.29, 1.82) is 0 Å². The summed E-state index contributed by atoms with van der Waals surface area (Å²) in [5.41, 5.74) is 7.58. The average molecular weight is 935 g/mol. The molecule has 4 aromatic heterocycles. The molecular weight excluding hydrogens is 877 g/mol. The van der Waals surface area contributed by atoms with E-state index in [0.29, 0.717) is 5.78 Å². The Balaban J connectivity index is 0.821. The first kappa shape index (κ1) is 43.5. The summed E-state index contributed by atoms with van der Waals surface area (Å²) in [6.45, 7) is 11.9. The van der Waals surface area contributed by atoms with Crippen molar-refractivity contribution in [1.82, 2.24) is 29.6 Å². The number of para-hydroxylation sites is 2. The molecule has 2 saturated heterocycles. The van der Waals surface area contributed by atoms with Crippen molar-refractivity contribution in [2.45, 2.75) is 24.9 Å². The van der Waals surface area contributed by atoms with E-state index < -0.39 is 0 Å². The summed E-state index contributed by atoms with van der Waals surface area (Å²) >= 11 is 3.66. The van der Waals surface area contributed by atoms with Crippen LogP contribution >= 0.6 is 22.7 Å². The monoisotopic (exact) mass is 934 g/mol. The molecule has 2 atom stereocenters. The van der Waals surface area contributed by atoms with Crippen LogP contribution in [-0.2, 0) is 4.79 Å². The lowest BCUT2D eigenvalue weighted by Crippen LogP contribution is -2.61. The zero-order valence-electron chi connectivity index (χ0n) is 38.6. The average Bonchev–Trinajstić information content (AvgIpc) is 4.11. The summed E-state index contributed by atoms with van der Waals surface area (Å²) in [4.78, 5) is 41.1. The fraction of sp³-hybridized carbons (Fsp3) is 0.316. The molecule has 68 heavy (non-hydrogen) atoms. The third-order valence-corrected chi connectivity index (χ3v) is 17.0. The second kappa shape index (κ2) is 19.3. The third kappa shape index (κ3) is 8.88. The van der Waals surface area contributed by atoms with E-state index in [1.54, 1.807) is 0 Å².